The molecule has 0 saturated carbocycles. The van der Waals surface area contributed by atoms with Gasteiger partial charge in [-0.15, -0.1) is 0 Å². The maximum absolute atomic E-state index is 9.85. The molecule has 24 heavy (non-hydrogen) atoms. The van der Waals surface area contributed by atoms with Crippen LogP contribution in [0.4, 0.5) is 5.69 Å². The number of benzene rings is 2. The van der Waals surface area contributed by atoms with E-state index in [9.17, 15) is 5.11 Å². The van der Waals surface area contributed by atoms with Crippen LogP contribution in [0.2, 0.25) is 0 Å². The van der Waals surface area contributed by atoms with Crippen LogP contribution < -0.4 is 10.1 Å². The van der Waals surface area contributed by atoms with E-state index in [2.05, 4.69) is 41.6 Å². The number of anilines is 1. The van der Waals surface area contributed by atoms with Gasteiger partial charge in [-0.2, -0.15) is 5.10 Å². The Bertz CT molecular complexity index is 930. The zero-order chi connectivity index (χ0) is 16.8. The van der Waals surface area contributed by atoms with Gasteiger partial charge in [0.1, 0.15) is 6.17 Å². The maximum Gasteiger partial charge on any atom is 0.160 e. The third kappa shape index (κ3) is 2.21. The Morgan fingerprint density at radius 2 is 1.96 bits per heavy atom. The number of hydrogen-bond acceptors (Lipinski definition) is 4. The van der Waals surface area contributed by atoms with E-state index in [1.165, 1.54) is 5.56 Å². The topological polar surface area (TPSA) is 59.3 Å². The van der Waals surface area contributed by atoms with E-state index >= 15 is 0 Å². The Hall–Kier alpha value is -2.95. The largest absolute Gasteiger partial charge is 0.504 e. The van der Waals surface area contributed by atoms with Crippen molar-refractivity contribution in [2.24, 2.45) is 0 Å². The van der Waals surface area contributed by atoms with Crippen molar-refractivity contribution in [3.63, 3.8) is 0 Å². The number of phenols is 1. The zero-order valence-corrected chi connectivity index (χ0v) is 13.9. The molecule has 1 unspecified atom stereocenters. The molecule has 5 nitrogen and oxygen atoms in total. The van der Waals surface area contributed by atoms with Crippen molar-refractivity contribution in [3.05, 3.63) is 59.3 Å². The van der Waals surface area contributed by atoms with E-state index < -0.39 is 0 Å². The zero-order valence-electron chi connectivity index (χ0n) is 13.9. The fourth-order valence-corrected chi connectivity index (χ4v) is 3.21. The van der Waals surface area contributed by atoms with Crippen LogP contribution in [0.25, 0.3) is 11.3 Å². The normalized spacial score (nSPS) is 15.4. The predicted molar refractivity (Wildman–Crippen MR) is 93.6 cm³/mol. The number of fused-ring (bicyclic) bond motifs is 3. The van der Waals surface area contributed by atoms with Crippen molar-refractivity contribution in [2.75, 3.05) is 12.4 Å². The number of nitrogens with one attached hydrogen (secondary N) is 1. The number of nitrogens with zero attached hydrogens (tertiary/aromatic N) is 2. The van der Waals surface area contributed by atoms with Crippen LogP contribution in [-0.4, -0.2) is 22.0 Å². The Kier molecular flexibility index (Phi) is 3.23. The fraction of sp³-hybridized carbons (Fsp3) is 0.211. The summed E-state index contributed by atoms with van der Waals surface area (Å²) in [5.74, 6) is 0.583. The number of aryl methyl sites for hydroxylation is 2. The standard InChI is InChI=1S/C19H19N3O2/c1-11-4-6-15-14(8-11)16-9-12(2)21-22(16)19(20-15)13-5-7-17(23)18(10-13)24-3/h4-10,19-20,23H,1-3H3. The van der Waals surface area contributed by atoms with Gasteiger partial charge in [-0.1, -0.05) is 17.7 Å². The SMILES string of the molecule is COc1cc(C2Nc3ccc(C)cc3-c3cc(C)nn32)ccc1O. The van der Waals surface area contributed by atoms with Gasteiger partial charge in [0.2, 0.25) is 0 Å². The molecule has 0 amide bonds. The molecule has 0 aliphatic carbocycles. The van der Waals surface area contributed by atoms with Crippen LogP contribution in [0.3, 0.4) is 0 Å². The first-order valence-electron chi connectivity index (χ1n) is 7.87. The molecule has 0 radical (unpaired) electrons. The Labute approximate surface area is 140 Å². The minimum Gasteiger partial charge on any atom is -0.504 e. The molecule has 4 rings (SSSR count). The minimum absolute atomic E-state index is 0.130. The van der Waals surface area contributed by atoms with Gasteiger partial charge in [-0.05, 0) is 44.2 Å². The van der Waals surface area contributed by atoms with Crippen LogP contribution in [0.5, 0.6) is 11.5 Å². The number of ether oxygens (including phenoxy) is 1. The lowest BCUT2D eigenvalue weighted by atomic mass is 10.0. The number of hydrogen-bond donors (Lipinski definition) is 2. The number of rotatable bonds is 2. The Morgan fingerprint density at radius 1 is 1.12 bits per heavy atom. The van der Waals surface area contributed by atoms with Crippen LogP contribution in [-0.2, 0) is 0 Å². The molecule has 1 aromatic heterocycles. The van der Waals surface area contributed by atoms with Crippen molar-refractivity contribution < 1.29 is 9.84 Å². The molecular formula is C19H19N3O2. The summed E-state index contributed by atoms with van der Waals surface area (Å²) in [6, 6.07) is 13.8. The van der Waals surface area contributed by atoms with Crippen molar-refractivity contribution >= 4 is 5.69 Å². The summed E-state index contributed by atoms with van der Waals surface area (Å²) in [4.78, 5) is 0. The van der Waals surface area contributed by atoms with Crippen molar-refractivity contribution in [3.8, 4) is 22.8 Å². The highest BCUT2D eigenvalue weighted by atomic mass is 16.5. The van der Waals surface area contributed by atoms with E-state index in [1.807, 2.05) is 23.7 Å². The lowest BCUT2D eigenvalue weighted by Gasteiger charge is -2.29. The monoisotopic (exact) mass is 321 g/mol. The molecule has 2 heterocycles. The van der Waals surface area contributed by atoms with Crippen LogP contribution in [0.15, 0.2) is 42.5 Å². The molecule has 5 heteroatoms. The summed E-state index contributed by atoms with van der Waals surface area (Å²) >= 11 is 0. The van der Waals surface area contributed by atoms with Gasteiger partial charge in [-0.3, -0.25) is 0 Å². The fourth-order valence-electron chi connectivity index (χ4n) is 3.21. The molecule has 1 aliphatic rings. The van der Waals surface area contributed by atoms with E-state index in [0.717, 1.165) is 28.2 Å². The van der Waals surface area contributed by atoms with Gasteiger partial charge in [0, 0.05) is 16.8 Å². The third-order valence-corrected chi connectivity index (χ3v) is 4.37. The number of methoxy groups -OCH3 is 1. The average Bonchev–Trinajstić information content (AvgIpc) is 2.96. The van der Waals surface area contributed by atoms with E-state index in [4.69, 9.17) is 4.74 Å². The van der Waals surface area contributed by atoms with Crippen LogP contribution in [0.1, 0.15) is 23.0 Å². The lowest BCUT2D eigenvalue weighted by molar-refractivity contribution is 0.372. The molecule has 2 N–H and O–H groups in total. The van der Waals surface area contributed by atoms with Crippen LogP contribution >= 0.6 is 0 Å². The summed E-state index contributed by atoms with van der Waals surface area (Å²) in [5, 5.41) is 18.1. The predicted octanol–water partition coefficient (Wildman–Crippen LogP) is 3.85. The first kappa shape index (κ1) is 14.6. The summed E-state index contributed by atoms with van der Waals surface area (Å²) in [5.41, 5.74) is 6.47. The van der Waals surface area contributed by atoms with Gasteiger partial charge in [0.15, 0.2) is 11.5 Å². The van der Waals surface area contributed by atoms with Gasteiger partial charge >= 0.3 is 0 Å². The first-order chi connectivity index (χ1) is 11.6. The highest BCUT2D eigenvalue weighted by molar-refractivity contribution is 5.79. The summed E-state index contributed by atoms with van der Waals surface area (Å²) in [6.07, 6.45) is -0.154. The van der Waals surface area contributed by atoms with Gasteiger partial charge in [0.25, 0.3) is 0 Å². The molecular weight excluding hydrogens is 302 g/mol. The Morgan fingerprint density at radius 3 is 2.75 bits per heavy atom. The van der Waals surface area contributed by atoms with Crippen molar-refractivity contribution in [1.82, 2.24) is 9.78 Å². The van der Waals surface area contributed by atoms with Crippen molar-refractivity contribution in [1.29, 1.82) is 0 Å². The Balaban J connectivity index is 1.88. The third-order valence-electron chi connectivity index (χ3n) is 4.37. The second-order valence-corrected chi connectivity index (χ2v) is 6.14. The van der Waals surface area contributed by atoms with Gasteiger partial charge < -0.3 is 15.2 Å². The van der Waals surface area contributed by atoms with Gasteiger partial charge in [0.05, 0.1) is 18.5 Å². The second-order valence-electron chi connectivity index (χ2n) is 6.14. The van der Waals surface area contributed by atoms with Gasteiger partial charge in [-0.25, -0.2) is 4.68 Å². The van der Waals surface area contributed by atoms with Crippen LogP contribution in [0, 0.1) is 13.8 Å². The van der Waals surface area contributed by atoms with Crippen molar-refractivity contribution in [2.45, 2.75) is 20.0 Å². The quantitative estimate of drug-likeness (QED) is 0.752. The highest BCUT2D eigenvalue weighted by Gasteiger charge is 2.27. The molecule has 0 saturated heterocycles. The summed E-state index contributed by atoms with van der Waals surface area (Å²) in [6.45, 7) is 4.08. The molecule has 0 bridgehead atoms. The van der Waals surface area contributed by atoms with E-state index in [0.29, 0.717) is 5.75 Å². The molecule has 122 valence electrons. The molecule has 0 spiro atoms. The average molecular weight is 321 g/mol. The number of phenolic OH excluding ortho intramolecular Hbond substituents is 1. The summed E-state index contributed by atoms with van der Waals surface area (Å²) < 4.78 is 7.24. The smallest absolute Gasteiger partial charge is 0.160 e. The number of aromatic hydroxyl groups is 1. The maximum atomic E-state index is 9.85. The van der Waals surface area contributed by atoms with E-state index in [-0.39, 0.29) is 11.9 Å². The molecule has 3 aromatic rings. The molecule has 1 atom stereocenters. The molecule has 0 fully saturated rings. The highest BCUT2D eigenvalue weighted by Crippen LogP contribution is 2.40. The first-order valence-corrected chi connectivity index (χ1v) is 7.87. The second kappa shape index (κ2) is 5.30. The van der Waals surface area contributed by atoms with E-state index in [1.54, 1.807) is 13.2 Å². The summed E-state index contributed by atoms with van der Waals surface area (Å²) in [7, 11) is 1.55. The number of aromatic nitrogens is 2. The lowest BCUT2D eigenvalue weighted by Crippen LogP contribution is -2.25. The minimum atomic E-state index is -0.154. The molecule has 1 aliphatic heterocycles. The molecule has 2 aromatic carbocycles.